The maximum Gasteiger partial charge on any atom is 0.306 e. The van der Waals surface area contributed by atoms with Gasteiger partial charge in [0.2, 0.25) is 0 Å². The molecule has 0 fully saturated rings. The van der Waals surface area contributed by atoms with Crippen LogP contribution in [0.15, 0.2) is 24.3 Å². The van der Waals surface area contributed by atoms with Crippen LogP contribution in [0.3, 0.4) is 0 Å². The average Bonchev–Trinajstić information content (AvgIpc) is 0.942. The van der Waals surface area contributed by atoms with Crippen molar-refractivity contribution in [1.29, 1.82) is 0 Å². The first-order chi connectivity index (χ1) is 45.3. The van der Waals surface area contributed by atoms with E-state index in [1.165, 1.54) is 134 Å². The van der Waals surface area contributed by atoms with Crippen LogP contribution in [-0.2, 0) is 29.0 Å². The summed E-state index contributed by atoms with van der Waals surface area (Å²) >= 11 is 0. The van der Waals surface area contributed by atoms with E-state index in [9.17, 15) is 9.59 Å². The van der Waals surface area contributed by atoms with Gasteiger partial charge in [-0.15, -0.1) is 16.4 Å². The number of esters is 2. The second kappa shape index (κ2) is 80.4. The molecule has 0 aliphatic heterocycles. The lowest BCUT2D eigenvalue weighted by Crippen LogP contribution is -2.34. The zero-order valence-electron chi connectivity index (χ0n) is 54.5. The molecule has 92 heavy (non-hydrogen) atoms. The molecule has 1 atom stereocenters. The van der Waals surface area contributed by atoms with Gasteiger partial charge >= 0.3 is 11.9 Å². The van der Waals surface area contributed by atoms with Gasteiger partial charge in [-0.05, 0) is 186 Å². The van der Waals surface area contributed by atoms with Gasteiger partial charge in [-0.1, -0.05) is 147 Å². The fraction of sp³-hybridized carbons (Fsp3) is 0.439. The molecular weight excluding hydrogens is 1140 g/mol. The lowest BCUT2D eigenvalue weighted by molar-refractivity contribution is -0.456. The molecule has 1 unspecified atom stereocenters. The van der Waals surface area contributed by atoms with Crippen LogP contribution in [0.5, 0.6) is 0 Å². The van der Waals surface area contributed by atoms with E-state index < -0.39 is 6.10 Å². The van der Waals surface area contributed by atoms with E-state index in [2.05, 4.69) is 279 Å². The molecule has 0 aromatic heterocycles. The van der Waals surface area contributed by atoms with Crippen LogP contribution in [0, 0.1) is 237 Å². The highest BCUT2D eigenvalue weighted by molar-refractivity contribution is 5.70. The number of carbonyl (C=O) groups is 2. The fourth-order valence-corrected chi connectivity index (χ4v) is 6.92. The van der Waals surface area contributed by atoms with Crippen LogP contribution in [0.4, 0.5) is 0 Å². The Labute approximate surface area is 608 Å². The Morgan fingerprint density at radius 3 is 0.891 bits per heavy atom. The van der Waals surface area contributed by atoms with Crippen LogP contribution in [-0.4, -0.2) is 60.7 Å². The lowest BCUT2D eigenvalue weighted by Gasteiger charge is -2.21. The summed E-state index contributed by atoms with van der Waals surface area (Å²) in [5.41, 5.74) is 1.22. The molecule has 0 radical (unpaired) electrons. The van der Waals surface area contributed by atoms with Crippen LogP contribution in [0.25, 0.3) is 0 Å². The predicted octanol–water partition coefficient (Wildman–Crippen LogP) is 21.0. The molecule has 0 amide bonds. The minimum absolute atomic E-state index is 0. The van der Waals surface area contributed by atoms with Crippen molar-refractivity contribution in [3.63, 3.8) is 0 Å². The molecule has 3 N–H and O–H groups in total. The molecule has 0 bridgehead atoms. The summed E-state index contributed by atoms with van der Waals surface area (Å²) in [6.07, 6.45) is 47.0. The molecule has 0 spiro atoms. The van der Waals surface area contributed by atoms with Gasteiger partial charge in [0.25, 0.3) is 0 Å². The maximum atomic E-state index is 12.4. The van der Waals surface area contributed by atoms with E-state index in [1.54, 1.807) is 6.92 Å². The number of nitrogens with one attached hydrogen (secondary N) is 1. The molecule has 542 valence electrons. The zero-order valence-corrected chi connectivity index (χ0v) is 54.5. The summed E-state index contributed by atoms with van der Waals surface area (Å²) in [6, 6.07) is 0. The maximum absolute atomic E-state index is 12.4. The molecule has 0 saturated carbocycles. The van der Waals surface area contributed by atoms with Crippen LogP contribution in [0.1, 0.15) is 252 Å². The van der Waals surface area contributed by atoms with E-state index in [-0.39, 0.29) is 69.9 Å². The third-order valence-corrected chi connectivity index (χ3v) is 11.1. The molecule has 0 aliphatic carbocycles. The Balaban J connectivity index is -0.0000000250. The van der Waals surface area contributed by atoms with Crippen molar-refractivity contribution < 1.29 is 90.9 Å². The molecular formula is C82H156N2O8. The number of hydrogen-bond acceptors (Lipinski definition) is 10. The van der Waals surface area contributed by atoms with Gasteiger partial charge < -0.3 is 14.4 Å². The average molecular weight is 1300 g/mol. The quantitative estimate of drug-likeness (QED) is 0.0138. The van der Waals surface area contributed by atoms with E-state index in [0.29, 0.717) is 19.4 Å². The summed E-state index contributed by atoms with van der Waals surface area (Å²) in [5.74, 6) is 96.5. The standard InChI is InChI=1S/C41H77NO4.C41H4.H3NO4.36H2/c1-5-7-9-11-13-15-17-19-21-23-25-27-29-31-33-35-40(43)45-38-39(37-42(3)4)46-41(44)36-34-32-30-28-26-24-22-20-18-16-14-12-10-8-6-2;1-3-5-7-9-11-13-15-17-19-21-23-25-27-29-31-33-35-37-39-41-40-38-36-34-32-30-28-26-24-22-20-18-16-14-12-10-8-6-4-2;2-4-1-5-3;;;;;;;;;;;;;;;;;;;;;;;;;;;;;;;;;;;;/h19-22,39H,5-18,23-38H2,1-4H3;1H,2H3;1-3H;36*1H/b21-19-,22-20-;;;;;;;;;;;;;;;;;;;;;;;;;;;;;;;;;;;;;;. The van der Waals surface area contributed by atoms with Crippen molar-refractivity contribution in [2.24, 2.45) is 0 Å². The molecule has 10 nitrogen and oxygen atoms in total. The summed E-state index contributed by atoms with van der Waals surface area (Å²) in [5, 5.41) is 14.3. The van der Waals surface area contributed by atoms with Crippen LogP contribution >= 0.6 is 0 Å². The Morgan fingerprint density at radius 2 is 0.641 bits per heavy atom. The molecule has 0 aromatic carbocycles. The summed E-state index contributed by atoms with van der Waals surface area (Å²) < 4.78 is 11.2. The molecule has 0 heterocycles. The Bertz CT molecular complexity index is 3660. The summed E-state index contributed by atoms with van der Waals surface area (Å²) in [7, 11) is 3.88. The van der Waals surface area contributed by atoms with Gasteiger partial charge in [-0.2, -0.15) is 0 Å². The predicted molar refractivity (Wildman–Crippen MR) is 447 cm³/mol. The third kappa shape index (κ3) is 83.6. The third-order valence-electron chi connectivity index (χ3n) is 11.1. The number of likely N-dealkylation sites (N-methyl/N-ethyl adjacent to an activating group) is 1. The Kier molecular flexibility index (Phi) is 74.8. The first kappa shape index (κ1) is 85.6. The fourth-order valence-electron chi connectivity index (χ4n) is 6.92. The minimum Gasteiger partial charge on any atom is -0.462 e. The first-order valence-corrected chi connectivity index (χ1v) is 30.9. The van der Waals surface area contributed by atoms with Crippen molar-refractivity contribution in [2.45, 2.75) is 207 Å². The van der Waals surface area contributed by atoms with Crippen molar-refractivity contribution in [3.8, 4) is 237 Å². The summed E-state index contributed by atoms with van der Waals surface area (Å²) in [6.45, 7) is 6.91. The molecule has 0 aromatic rings. The normalized spacial score (nSPS) is 8.42. The van der Waals surface area contributed by atoms with Crippen molar-refractivity contribution >= 4 is 11.9 Å². The smallest absolute Gasteiger partial charge is 0.306 e. The molecule has 10 heteroatoms. The number of unbranched alkanes of at least 4 members (excludes halogenated alkanes) is 22. The van der Waals surface area contributed by atoms with Gasteiger partial charge in [-0.25, -0.2) is 10.5 Å². The second-order valence-corrected chi connectivity index (χ2v) is 19.0. The van der Waals surface area contributed by atoms with E-state index in [4.69, 9.17) is 26.4 Å². The summed E-state index contributed by atoms with van der Waals surface area (Å²) in [4.78, 5) is 32.6. The monoisotopic (exact) mass is 1300 g/mol. The van der Waals surface area contributed by atoms with E-state index in [0.717, 1.165) is 38.5 Å². The zero-order chi connectivity index (χ0) is 67.5. The van der Waals surface area contributed by atoms with Gasteiger partial charge in [-0.3, -0.25) is 9.59 Å². The lowest BCUT2D eigenvalue weighted by atomic mass is 10.1. The SMILES string of the molecule is C#CC#CC#CC#CC#CC#CC#CC#CC#CC#CC#CC#CC#CC#CC#CC#CC#CC#CC#CC#CC.CCCCCCCC/C=C\CCCCCCCC(=O)OCC(CN(C)C)OC(=O)CCCCCCC/C=C\CCCCCCCC.OONOO.[HH].[HH].[HH].[HH].[HH].[HH].[HH].[HH].[HH].[HH].[HH].[HH].[HH].[HH].[HH].[HH].[HH].[HH].[HH].[HH].[HH].[HH].[HH].[HH].[HH].[HH].[HH].[HH].[HH].[HH].[HH].[HH].[HH].[HH].[HH].[HH]. The number of carbonyl (C=O) groups excluding carboxylic acids is 2. The van der Waals surface area contributed by atoms with Gasteiger partial charge in [0, 0.05) is 201 Å². The highest BCUT2D eigenvalue weighted by Crippen LogP contribution is 2.13. The van der Waals surface area contributed by atoms with Crippen molar-refractivity contribution in [1.82, 2.24) is 10.5 Å². The first-order valence-electron chi connectivity index (χ1n) is 30.9. The number of ether oxygens (including phenoxy) is 2. The van der Waals surface area contributed by atoms with Crippen LogP contribution < -0.4 is 5.64 Å². The second-order valence-electron chi connectivity index (χ2n) is 19.0. The largest absolute Gasteiger partial charge is 0.462 e. The van der Waals surface area contributed by atoms with Gasteiger partial charge in [0.05, 0.1) is 0 Å². The molecule has 0 saturated heterocycles. The Hall–Kier alpha value is -10.6. The topological polar surface area (TPSA) is 127 Å². The van der Waals surface area contributed by atoms with E-state index in [1.807, 2.05) is 19.0 Å². The molecule has 0 rings (SSSR count). The highest BCUT2D eigenvalue weighted by Gasteiger charge is 2.18. The van der Waals surface area contributed by atoms with Gasteiger partial charge in [0.1, 0.15) is 12.7 Å². The Morgan fingerprint density at radius 1 is 0.391 bits per heavy atom. The number of allylic oxidation sites excluding steroid dienone is 4. The number of nitrogens with zero attached hydrogens (tertiary/aromatic N) is 1. The number of rotatable bonds is 37. The van der Waals surface area contributed by atoms with Gasteiger partial charge in [0.15, 0.2) is 0 Å². The minimum atomic E-state index is -0.413. The van der Waals surface area contributed by atoms with Crippen LogP contribution in [0.2, 0.25) is 0 Å². The molecule has 0 aliphatic rings. The number of terminal acetylenes is 1. The highest BCUT2D eigenvalue weighted by atomic mass is 17.3. The van der Waals surface area contributed by atoms with Crippen molar-refractivity contribution in [2.75, 3.05) is 27.2 Å². The van der Waals surface area contributed by atoms with E-state index >= 15 is 0 Å². The van der Waals surface area contributed by atoms with Crippen molar-refractivity contribution in [3.05, 3.63) is 24.3 Å². The number of hydrogen-bond donors (Lipinski definition) is 3.